The Morgan fingerprint density at radius 2 is 1.93 bits per heavy atom. The van der Waals surface area contributed by atoms with Crippen molar-refractivity contribution in [3.8, 4) is 0 Å². The number of hydrogen-bond donors (Lipinski definition) is 2. The zero-order chi connectivity index (χ0) is 19.8. The van der Waals surface area contributed by atoms with Crippen molar-refractivity contribution in [1.29, 1.82) is 0 Å². The highest BCUT2D eigenvalue weighted by atomic mass is 16.2. The minimum absolute atomic E-state index is 0.0254. The molecule has 1 fully saturated rings. The molecule has 9 nitrogen and oxygen atoms in total. The Morgan fingerprint density at radius 3 is 2.72 bits per heavy atom. The molecule has 2 aliphatic rings. The van der Waals surface area contributed by atoms with Gasteiger partial charge < -0.3 is 4.90 Å². The van der Waals surface area contributed by atoms with Crippen molar-refractivity contribution in [3.63, 3.8) is 0 Å². The molecular weight excluding hydrogens is 370 g/mol. The minimum atomic E-state index is -0.214. The van der Waals surface area contributed by atoms with Crippen LogP contribution in [0.2, 0.25) is 0 Å². The second kappa shape index (κ2) is 7.16. The maximum absolute atomic E-state index is 13.1. The summed E-state index contributed by atoms with van der Waals surface area (Å²) in [5.41, 5.74) is 1.36. The smallest absolute Gasteiger partial charge is 0.263 e. The lowest BCUT2D eigenvalue weighted by Crippen LogP contribution is -2.42. The summed E-state index contributed by atoms with van der Waals surface area (Å²) < 4.78 is 0. The Kier molecular flexibility index (Phi) is 4.34. The van der Waals surface area contributed by atoms with Gasteiger partial charge in [0, 0.05) is 31.6 Å². The fraction of sp³-hybridized carbons (Fsp3) is 0.350. The van der Waals surface area contributed by atoms with Crippen LogP contribution in [0.15, 0.2) is 46.4 Å². The van der Waals surface area contributed by atoms with Crippen LogP contribution < -0.4 is 10.5 Å². The maximum Gasteiger partial charge on any atom is 0.263 e. The number of carbonyl (C=O) groups is 1. The number of H-pyrrole nitrogens is 2. The topological polar surface area (TPSA) is 110 Å². The fourth-order valence-corrected chi connectivity index (χ4v) is 4.09. The Morgan fingerprint density at radius 1 is 1.14 bits per heavy atom. The van der Waals surface area contributed by atoms with Crippen molar-refractivity contribution >= 4 is 29.1 Å². The van der Waals surface area contributed by atoms with Crippen LogP contribution in [0.25, 0.3) is 11.0 Å². The number of anilines is 1. The molecule has 29 heavy (non-hydrogen) atoms. The molecule has 1 atom stereocenters. The van der Waals surface area contributed by atoms with Gasteiger partial charge >= 0.3 is 0 Å². The third-order valence-electron chi connectivity index (χ3n) is 5.69. The number of rotatable bonds is 3. The molecular formula is C20H21N7O2. The first-order valence-corrected chi connectivity index (χ1v) is 9.79. The third kappa shape index (κ3) is 3.18. The van der Waals surface area contributed by atoms with E-state index >= 15 is 0 Å². The number of piperidine rings is 1. The molecule has 9 heteroatoms. The quantitative estimate of drug-likeness (QED) is 0.708. The van der Waals surface area contributed by atoms with Gasteiger partial charge in [0.1, 0.15) is 5.39 Å². The molecule has 5 rings (SSSR count). The summed E-state index contributed by atoms with van der Waals surface area (Å²) in [6.07, 6.45) is 5.41. The number of nitrogens with zero attached hydrogens (tertiary/aromatic N) is 5. The van der Waals surface area contributed by atoms with Gasteiger partial charge in [-0.2, -0.15) is 15.2 Å². The van der Waals surface area contributed by atoms with Crippen LogP contribution in [0.4, 0.5) is 5.95 Å². The molecule has 4 heterocycles. The standard InChI is InChI=1S/C20H21N7O2/c28-18-15-12-21-25-17(15)23-20(24-18)26-10-7-14(8-11-26)19(29)27-16(6-9-22-27)13-4-2-1-3-5-13/h1-5,9,12,14,16H,6-8,10-11H2,(H2,21,23,24,25,28). The van der Waals surface area contributed by atoms with Crippen LogP contribution in [0.1, 0.15) is 30.9 Å². The molecule has 1 saturated heterocycles. The minimum Gasteiger partial charge on any atom is -0.342 e. The number of aromatic nitrogens is 4. The number of fused-ring (bicyclic) bond motifs is 1. The first kappa shape index (κ1) is 17.6. The third-order valence-corrected chi connectivity index (χ3v) is 5.69. The van der Waals surface area contributed by atoms with Crippen molar-refractivity contribution in [3.05, 3.63) is 52.4 Å². The van der Waals surface area contributed by atoms with E-state index in [4.69, 9.17) is 0 Å². The van der Waals surface area contributed by atoms with E-state index < -0.39 is 0 Å². The van der Waals surface area contributed by atoms with Gasteiger partial charge in [-0.1, -0.05) is 30.3 Å². The summed E-state index contributed by atoms with van der Waals surface area (Å²) in [6, 6.07) is 9.99. The number of hydrogen-bond acceptors (Lipinski definition) is 6. The fourth-order valence-electron chi connectivity index (χ4n) is 4.09. The summed E-state index contributed by atoms with van der Waals surface area (Å²) >= 11 is 0. The lowest BCUT2D eigenvalue weighted by molar-refractivity contribution is -0.138. The first-order valence-electron chi connectivity index (χ1n) is 9.79. The SMILES string of the molecule is O=C(C1CCN(c2nc3[nH]ncc3c(=O)[nH]2)CC1)N1N=CCC1c1ccccc1. The molecule has 0 spiro atoms. The summed E-state index contributed by atoms with van der Waals surface area (Å²) in [5, 5.41) is 13.1. The molecule has 3 aromatic rings. The van der Waals surface area contributed by atoms with Crippen molar-refractivity contribution in [2.45, 2.75) is 25.3 Å². The highest BCUT2D eigenvalue weighted by molar-refractivity contribution is 5.82. The van der Waals surface area contributed by atoms with Crippen LogP contribution in [0, 0.1) is 5.92 Å². The maximum atomic E-state index is 13.1. The lowest BCUT2D eigenvalue weighted by Gasteiger charge is -2.34. The molecule has 0 saturated carbocycles. The van der Waals surface area contributed by atoms with Crippen LogP contribution >= 0.6 is 0 Å². The van der Waals surface area contributed by atoms with Crippen molar-refractivity contribution in [1.82, 2.24) is 25.2 Å². The van der Waals surface area contributed by atoms with Gasteiger partial charge in [-0.3, -0.25) is 19.7 Å². The van der Waals surface area contributed by atoms with E-state index in [-0.39, 0.29) is 23.4 Å². The average Bonchev–Trinajstić information content (AvgIpc) is 3.44. The summed E-state index contributed by atoms with van der Waals surface area (Å²) in [5.74, 6) is 0.493. The van der Waals surface area contributed by atoms with E-state index in [1.54, 1.807) is 5.01 Å². The predicted molar refractivity (Wildman–Crippen MR) is 109 cm³/mol. The Balaban J connectivity index is 1.28. The van der Waals surface area contributed by atoms with E-state index in [2.05, 4.69) is 25.3 Å². The largest absolute Gasteiger partial charge is 0.342 e. The lowest BCUT2D eigenvalue weighted by atomic mass is 9.94. The van der Waals surface area contributed by atoms with Crippen LogP contribution in [0.5, 0.6) is 0 Å². The Bertz CT molecular complexity index is 1110. The number of aromatic amines is 2. The average molecular weight is 391 g/mol. The van der Waals surface area contributed by atoms with Crippen LogP contribution in [-0.2, 0) is 4.79 Å². The molecule has 1 aromatic carbocycles. The first-order chi connectivity index (χ1) is 14.2. The van der Waals surface area contributed by atoms with Crippen LogP contribution in [-0.4, -0.2) is 50.4 Å². The van der Waals surface area contributed by atoms with Gasteiger partial charge in [0.2, 0.25) is 11.9 Å². The van der Waals surface area contributed by atoms with Gasteiger partial charge in [0.05, 0.1) is 12.2 Å². The van der Waals surface area contributed by atoms with Gasteiger partial charge in [-0.15, -0.1) is 0 Å². The molecule has 2 N–H and O–H groups in total. The summed E-state index contributed by atoms with van der Waals surface area (Å²) in [7, 11) is 0. The molecule has 2 aliphatic heterocycles. The summed E-state index contributed by atoms with van der Waals surface area (Å²) in [4.78, 5) is 34.6. The monoisotopic (exact) mass is 391 g/mol. The highest BCUT2D eigenvalue weighted by Crippen LogP contribution is 2.32. The van der Waals surface area contributed by atoms with Gasteiger partial charge in [0.25, 0.3) is 5.56 Å². The normalized spacial score (nSPS) is 19.9. The number of carbonyl (C=O) groups excluding carboxylic acids is 1. The van der Waals surface area contributed by atoms with Crippen molar-refractivity contribution in [2.75, 3.05) is 18.0 Å². The molecule has 1 amide bonds. The van der Waals surface area contributed by atoms with Crippen molar-refractivity contribution < 1.29 is 4.79 Å². The Hall–Kier alpha value is -3.49. The number of benzene rings is 1. The molecule has 0 bridgehead atoms. The van der Waals surface area contributed by atoms with Crippen LogP contribution in [0.3, 0.4) is 0 Å². The summed E-state index contributed by atoms with van der Waals surface area (Å²) in [6.45, 7) is 1.29. The predicted octanol–water partition coefficient (Wildman–Crippen LogP) is 1.82. The molecule has 148 valence electrons. The molecule has 0 radical (unpaired) electrons. The highest BCUT2D eigenvalue weighted by Gasteiger charge is 2.35. The molecule has 2 aromatic heterocycles. The van der Waals surface area contributed by atoms with E-state index in [1.165, 1.54) is 6.20 Å². The van der Waals surface area contributed by atoms with E-state index in [0.717, 1.165) is 12.0 Å². The number of amides is 1. The van der Waals surface area contributed by atoms with Gasteiger partial charge in [-0.05, 0) is 18.4 Å². The second-order valence-corrected chi connectivity index (χ2v) is 7.43. The second-order valence-electron chi connectivity index (χ2n) is 7.43. The van der Waals surface area contributed by atoms with E-state index in [1.807, 2.05) is 41.4 Å². The van der Waals surface area contributed by atoms with E-state index in [0.29, 0.717) is 42.9 Å². The zero-order valence-corrected chi connectivity index (χ0v) is 15.8. The number of nitrogens with one attached hydrogen (secondary N) is 2. The van der Waals surface area contributed by atoms with Gasteiger partial charge in [0.15, 0.2) is 5.65 Å². The zero-order valence-electron chi connectivity index (χ0n) is 15.8. The van der Waals surface area contributed by atoms with Gasteiger partial charge in [-0.25, -0.2) is 5.01 Å². The number of hydrazone groups is 1. The van der Waals surface area contributed by atoms with Crippen molar-refractivity contribution in [2.24, 2.45) is 11.0 Å². The Labute approximate surface area is 166 Å². The van der Waals surface area contributed by atoms with E-state index in [9.17, 15) is 9.59 Å². The molecule has 1 unspecified atom stereocenters. The molecule has 0 aliphatic carbocycles.